The van der Waals surface area contributed by atoms with Crippen LogP contribution in [0, 0.1) is 0 Å². The van der Waals surface area contributed by atoms with E-state index >= 15 is 0 Å². The molecule has 0 aliphatic rings. The summed E-state index contributed by atoms with van der Waals surface area (Å²) in [5.74, 6) is -0.164. The minimum absolute atomic E-state index is 0.281. The topological polar surface area (TPSA) is 64.6 Å². The third-order valence-electron chi connectivity index (χ3n) is 3.97. The molecule has 3 aromatic carbocycles. The van der Waals surface area contributed by atoms with Gasteiger partial charge in [0, 0.05) is 5.69 Å². The van der Waals surface area contributed by atoms with Crippen molar-refractivity contribution in [3.8, 4) is 5.75 Å². The second-order valence-corrected chi connectivity index (χ2v) is 5.65. The summed E-state index contributed by atoms with van der Waals surface area (Å²) in [7, 11) is 1.54. The molecule has 0 heterocycles. The number of esters is 1. The minimum atomic E-state index is -0.387. The molecule has 0 fully saturated rings. The molecule has 3 aromatic rings. The van der Waals surface area contributed by atoms with E-state index in [4.69, 9.17) is 9.47 Å². The van der Waals surface area contributed by atoms with Gasteiger partial charge in [0.05, 0.1) is 24.8 Å². The van der Waals surface area contributed by atoms with Crippen LogP contribution in [0.25, 0.3) is 10.8 Å². The van der Waals surface area contributed by atoms with Gasteiger partial charge in [-0.2, -0.15) is 0 Å². The van der Waals surface area contributed by atoms with Crippen LogP contribution in [0.1, 0.15) is 27.6 Å². The van der Waals surface area contributed by atoms with Crippen LogP contribution < -0.4 is 10.1 Å². The number of anilines is 1. The lowest BCUT2D eigenvalue weighted by atomic mass is 10.1. The highest BCUT2D eigenvalue weighted by molar-refractivity contribution is 6.08. The second-order valence-electron chi connectivity index (χ2n) is 5.65. The smallest absolute Gasteiger partial charge is 0.338 e. The number of hydrogen-bond donors (Lipinski definition) is 1. The van der Waals surface area contributed by atoms with E-state index < -0.39 is 0 Å². The summed E-state index contributed by atoms with van der Waals surface area (Å²) in [5, 5.41) is 4.78. The van der Waals surface area contributed by atoms with E-state index in [0.29, 0.717) is 29.2 Å². The van der Waals surface area contributed by atoms with Crippen molar-refractivity contribution in [3.63, 3.8) is 0 Å². The fourth-order valence-corrected chi connectivity index (χ4v) is 2.67. The van der Waals surface area contributed by atoms with Crippen LogP contribution in [0.3, 0.4) is 0 Å². The monoisotopic (exact) mass is 349 g/mol. The predicted molar refractivity (Wildman–Crippen MR) is 101 cm³/mol. The fourth-order valence-electron chi connectivity index (χ4n) is 2.67. The Morgan fingerprint density at radius 2 is 1.62 bits per heavy atom. The van der Waals surface area contributed by atoms with Crippen LogP contribution in [0.5, 0.6) is 5.75 Å². The molecule has 0 aliphatic carbocycles. The highest BCUT2D eigenvalue weighted by Crippen LogP contribution is 2.26. The average molecular weight is 349 g/mol. The minimum Gasteiger partial charge on any atom is -0.496 e. The van der Waals surface area contributed by atoms with Crippen molar-refractivity contribution in [3.05, 3.63) is 71.8 Å². The summed E-state index contributed by atoms with van der Waals surface area (Å²) in [6.07, 6.45) is 0. The Morgan fingerprint density at radius 1 is 0.962 bits per heavy atom. The third kappa shape index (κ3) is 3.67. The van der Waals surface area contributed by atoms with Crippen LogP contribution in [0.15, 0.2) is 60.7 Å². The molecule has 0 saturated carbocycles. The zero-order valence-corrected chi connectivity index (χ0v) is 14.6. The summed E-state index contributed by atoms with van der Waals surface area (Å²) in [6, 6.07) is 18.0. The molecular weight excluding hydrogens is 330 g/mol. The number of methoxy groups -OCH3 is 1. The Balaban J connectivity index is 1.83. The number of amides is 1. The lowest BCUT2D eigenvalue weighted by molar-refractivity contribution is 0.0526. The van der Waals surface area contributed by atoms with Gasteiger partial charge in [-0.3, -0.25) is 4.79 Å². The molecule has 1 amide bonds. The number of ether oxygens (including phenoxy) is 2. The highest BCUT2D eigenvalue weighted by Gasteiger charge is 2.14. The maximum atomic E-state index is 12.7. The molecule has 0 aliphatic heterocycles. The number of carbonyl (C=O) groups excluding carboxylic acids is 2. The van der Waals surface area contributed by atoms with E-state index in [1.54, 1.807) is 37.3 Å². The van der Waals surface area contributed by atoms with Crippen molar-refractivity contribution < 1.29 is 19.1 Å². The number of fused-ring (bicyclic) bond motifs is 1. The Kier molecular flexibility index (Phi) is 5.17. The number of rotatable bonds is 5. The maximum Gasteiger partial charge on any atom is 0.338 e. The molecule has 1 N–H and O–H groups in total. The summed E-state index contributed by atoms with van der Waals surface area (Å²) < 4.78 is 10.3. The number of benzene rings is 3. The fraction of sp³-hybridized carbons (Fsp3) is 0.143. The number of carbonyl (C=O) groups is 2. The molecule has 0 atom stereocenters. The first-order chi connectivity index (χ1) is 12.6. The molecule has 0 bridgehead atoms. The maximum absolute atomic E-state index is 12.7. The van der Waals surface area contributed by atoms with Crippen molar-refractivity contribution in [2.75, 3.05) is 19.0 Å². The van der Waals surface area contributed by atoms with Crippen LogP contribution >= 0.6 is 0 Å². The Morgan fingerprint density at radius 3 is 2.23 bits per heavy atom. The molecule has 0 unspecified atom stereocenters. The summed E-state index contributed by atoms with van der Waals surface area (Å²) in [5.41, 5.74) is 1.46. The Labute approximate surface area is 151 Å². The SMILES string of the molecule is CCOC(=O)c1ccc(NC(=O)c2cc3ccccc3cc2OC)cc1. The van der Waals surface area contributed by atoms with Crippen LogP contribution in [0.2, 0.25) is 0 Å². The van der Waals surface area contributed by atoms with Gasteiger partial charge in [0.15, 0.2) is 0 Å². The molecule has 0 aromatic heterocycles. The molecule has 0 radical (unpaired) electrons. The Bertz CT molecular complexity index is 948. The summed E-state index contributed by atoms with van der Waals surface area (Å²) in [6.45, 7) is 2.07. The highest BCUT2D eigenvalue weighted by atomic mass is 16.5. The van der Waals surface area contributed by atoms with Crippen molar-refractivity contribution in [1.29, 1.82) is 0 Å². The van der Waals surface area contributed by atoms with Crippen molar-refractivity contribution in [1.82, 2.24) is 0 Å². The van der Waals surface area contributed by atoms with Crippen molar-refractivity contribution in [2.45, 2.75) is 6.92 Å². The van der Waals surface area contributed by atoms with Gasteiger partial charge in [-0.25, -0.2) is 4.79 Å². The molecule has 3 rings (SSSR count). The number of nitrogens with one attached hydrogen (secondary N) is 1. The van der Waals surface area contributed by atoms with Gasteiger partial charge < -0.3 is 14.8 Å². The zero-order chi connectivity index (χ0) is 18.5. The van der Waals surface area contributed by atoms with Gasteiger partial charge in [-0.1, -0.05) is 24.3 Å². The van der Waals surface area contributed by atoms with Crippen LogP contribution in [-0.4, -0.2) is 25.6 Å². The molecule has 5 heteroatoms. The first-order valence-corrected chi connectivity index (χ1v) is 8.27. The molecule has 132 valence electrons. The largest absolute Gasteiger partial charge is 0.496 e. The molecule has 5 nitrogen and oxygen atoms in total. The lowest BCUT2D eigenvalue weighted by Crippen LogP contribution is -2.13. The Hall–Kier alpha value is -3.34. The van der Waals surface area contributed by atoms with Crippen molar-refractivity contribution >= 4 is 28.3 Å². The van der Waals surface area contributed by atoms with E-state index in [2.05, 4.69) is 5.32 Å². The van der Waals surface area contributed by atoms with E-state index in [0.717, 1.165) is 10.8 Å². The quantitative estimate of drug-likeness (QED) is 0.698. The summed E-state index contributed by atoms with van der Waals surface area (Å²) in [4.78, 5) is 24.4. The molecule has 0 saturated heterocycles. The van der Waals surface area contributed by atoms with E-state index in [1.165, 1.54) is 7.11 Å². The van der Waals surface area contributed by atoms with Gasteiger partial charge in [-0.05, 0) is 54.1 Å². The first-order valence-electron chi connectivity index (χ1n) is 8.27. The zero-order valence-electron chi connectivity index (χ0n) is 14.6. The van der Waals surface area contributed by atoms with Crippen LogP contribution in [0.4, 0.5) is 5.69 Å². The van der Waals surface area contributed by atoms with Gasteiger partial charge in [0.2, 0.25) is 0 Å². The first kappa shape index (κ1) is 17.5. The van der Waals surface area contributed by atoms with E-state index in [1.807, 2.05) is 30.3 Å². The van der Waals surface area contributed by atoms with Gasteiger partial charge in [0.1, 0.15) is 5.75 Å². The van der Waals surface area contributed by atoms with Gasteiger partial charge in [0.25, 0.3) is 5.91 Å². The number of hydrogen-bond acceptors (Lipinski definition) is 4. The van der Waals surface area contributed by atoms with Crippen molar-refractivity contribution in [2.24, 2.45) is 0 Å². The lowest BCUT2D eigenvalue weighted by Gasteiger charge is -2.11. The predicted octanol–water partition coefficient (Wildman–Crippen LogP) is 4.28. The van der Waals surface area contributed by atoms with E-state index in [-0.39, 0.29) is 11.9 Å². The average Bonchev–Trinajstić information content (AvgIpc) is 2.67. The standard InChI is InChI=1S/C21H19NO4/c1-3-26-21(24)14-8-10-17(11-9-14)22-20(23)18-12-15-6-4-5-7-16(15)13-19(18)25-2/h4-13H,3H2,1-2H3,(H,22,23). The summed E-state index contributed by atoms with van der Waals surface area (Å²) >= 11 is 0. The van der Waals surface area contributed by atoms with Crippen LogP contribution in [-0.2, 0) is 4.74 Å². The molecular formula is C21H19NO4. The molecule has 26 heavy (non-hydrogen) atoms. The normalized spacial score (nSPS) is 10.4. The van der Waals surface area contributed by atoms with Gasteiger partial charge in [-0.15, -0.1) is 0 Å². The van der Waals surface area contributed by atoms with Gasteiger partial charge >= 0.3 is 5.97 Å². The van der Waals surface area contributed by atoms with E-state index in [9.17, 15) is 9.59 Å². The molecule has 0 spiro atoms. The third-order valence-corrected chi connectivity index (χ3v) is 3.97. The second kappa shape index (κ2) is 7.70.